The molecule has 3 N–H and O–H groups in total. The van der Waals surface area contributed by atoms with Crippen molar-refractivity contribution < 1.29 is 20.1 Å². The van der Waals surface area contributed by atoms with Crippen molar-refractivity contribution in [1.29, 1.82) is 0 Å². The molecule has 1 unspecified atom stereocenters. The van der Waals surface area contributed by atoms with Crippen molar-refractivity contribution in [2.24, 2.45) is 45.3 Å². The zero-order valence-corrected chi connectivity index (χ0v) is 23.3. The number of fused-ring (bicyclic) bond motifs is 4. The van der Waals surface area contributed by atoms with Crippen LogP contribution in [0, 0.1) is 45.3 Å². The summed E-state index contributed by atoms with van der Waals surface area (Å²) in [4.78, 5) is 12.6. The van der Waals surface area contributed by atoms with E-state index in [2.05, 4.69) is 55.0 Å². The van der Waals surface area contributed by atoms with Gasteiger partial charge in [0.05, 0.1) is 18.1 Å². The Morgan fingerprint density at radius 1 is 1.00 bits per heavy atom. The first-order valence-corrected chi connectivity index (χ1v) is 14.1. The van der Waals surface area contributed by atoms with Crippen LogP contribution in [0.1, 0.15) is 106 Å². The SMILES string of the molecule is C=C(CC[C@@H](C(=O)O)[C@H]1C[C@H](O)[C@@]2(C)C3=C(CC[C@]12C)[C@@]1(C)CC[C@@H](O)C(C)(C)C1CC3)C(C)C. The summed E-state index contributed by atoms with van der Waals surface area (Å²) in [6.07, 6.45) is 6.90. The summed E-state index contributed by atoms with van der Waals surface area (Å²) < 4.78 is 0. The van der Waals surface area contributed by atoms with Crippen LogP contribution in [0.4, 0.5) is 0 Å². The molecule has 4 aliphatic carbocycles. The van der Waals surface area contributed by atoms with Crippen LogP contribution in [0.3, 0.4) is 0 Å². The number of carbonyl (C=O) groups is 1. The van der Waals surface area contributed by atoms with Gasteiger partial charge in [-0.1, -0.05) is 71.8 Å². The van der Waals surface area contributed by atoms with Crippen LogP contribution in [-0.4, -0.2) is 33.5 Å². The van der Waals surface area contributed by atoms with Crippen LogP contribution >= 0.6 is 0 Å². The number of carboxylic acids is 1. The molecule has 0 radical (unpaired) electrons. The molecule has 0 amide bonds. The van der Waals surface area contributed by atoms with E-state index in [1.807, 2.05) is 0 Å². The van der Waals surface area contributed by atoms with Crippen LogP contribution < -0.4 is 0 Å². The Morgan fingerprint density at radius 2 is 1.66 bits per heavy atom. The van der Waals surface area contributed by atoms with Crippen LogP contribution in [0.15, 0.2) is 23.3 Å². The zero-order chi connectivity index (χ0) is 26.1. The Kier molecular flexibility index (Phi) is 6.71. The molecule has 4 aliphatic rings. The normalized spacial score (nSPS) is 43.4. The second kappa shape index (κ2) is 8.72. The largest absolute Gasteiger partial charge is 0.481 e. The molecule has 198 valence electrons. The van der Waals surface area contributed by atoms with Gasteiger partial charge in [-0.25, -0.2) is 0 Å². The molecule has 0 aliphatic heterocycles. The highest BCUT2D eigenvalue weighted by Gasteiger charge is 2.67. The average Bonchev–Trinajstić information content (AvgIpc) is 2.98. The molecule has 35 heavy (non-hydrogen) atoms. The van der Waals surface area contributed by atoms with Gasteiger partial charge in [0.25, 0.3) is 0 Å². The third kappa shape index (κ3) is 3.71. The Hall–Kier alpha value is -1.13. The molecule has 2 fully saturated rings. The molecule has 4 heteroatoms. The van der Waals surface area contributed by atoms with Gasteiger partial charge in [-0.2, -0.15) is 0 Å². The van der Waals surface area contributed by atoms with Crippen molar-refractivity contribution >= 4 is 5.97 Å². The van der Waals surface area contributed by atoms with Crippen molar-refractivity contribution in [3.8, 4) is 0 Å². The lowest BCUT2D eigenvalue weighted by atomic mass is 9.43. The van der Waals surface area contributed by atoms with E-state index in [1.165, 1.54) is 11.1 Å². The number of hydrogen-bond donors (Lipinski definition) is 3. The number of aliphatic hydroxyl groups is 2. The van der Waals surface area contributed by atoms with Crippen molar-refractivity contribution in [2.75, 3.05) is 0 Å². The maximum absolute atomic E-state index is 12.6. The fourth-order valence-corrected chi connectivity index (χ4v) is 9.49. The summed E-state index contributed by atoms with van der Waals surface area (Å²) in [5.41, 5.74) is 3.40. The highest BCUT2D eigenvalue weighted by molar-refractivity contribution is 5.71. The van der Waals surface area contributed by atoms with Crippen molar-refractivity contribution in [2.45, 2.75) is 118 Å². The van der Waals surface area contributed by atoms with Gasteiger partial charge in [0.2, 0.25) is 0 Å². The fraction of sp³-hybridized carbons (Fsp3) is 0.839. The predicted octanol–water partition coefficient (Wildman–Crippen LogP) is 6.76. The van der Waals surface area contributed by atoms with E-state index in [-0.39, 0.29) is 33.7 Å². The Bertz CT molecular complexity index is 915. The van der Waals surface area contributed by atoms with Crippen LogP contribution in [-0.2, 0) is 4.79 Å². The topological polar surface area (TPSA) is 77.8 Å². The standard InChI is InChI=1S/C31H50O4/c1-18(2)19(3)9-10-20(27(34)35)23-17-26(33)31(8)22-11-12-24-28(4,5)25(32)14-15-29(24,6)21(22)13-16-30(23,31)7/h18,20,23-26,32-33H,3,9-17H2,1-2,4-8H3,(H,34,35)/t20-,23-,24?,25-,26+,29-,30-,31-/m1/s1. The summed E-state index contributed by atoms with van der Waals surface area (Å²) in [5, 5.41) is 32.8. The van der Waals surface area contributed by atoms with Gasteiger partial charge in [0.15, 0.2) is 0 Å². The first-order valence-electron chi connectivity index (χ1n) is 14.1. The minimum Gasteiger partial charge on any atom is -0.481 e. The number of aliphatic hydroxyl groups excluding tert-OH is 2. The highest BCUT2D eigenvalue weighted by atomic mass is 16.4. The molecular weight excluding hydrogens is 436 g/mol. The molecule has 2 saturated carbocycles. The smallest absolute Gasteiger partial charge is 0.306 e. The van der Waals surface area contributed by atoms with Crippen LogP contribution in [0.2, 0.25) is 0 Å². The maximum Gasteiger partial charge on any atom is 0.306 e. The minimum atomic E-state index is -0.720. The van der Waals surface area contributed by atoms with Gasteiger partial charge in [-0.05, 0) is 91.8 Å². The molecule has 0 aromatic heterocycles. The predicted molar refractivity (Wildman–Crippen MR) is 141 cm³/mol. The van der Waals surface area contributed by atoms with E-state index in [0.717, 1.165) is 50.5 Å². The number of hydrogen-bond acceptors (Lipinski definition) is 3. The van der Waals surface area contributed by atoms with Gasteiger partial charge < -0.3 is 15.3 Å². The lowest BCUT2D eigenvalue weighted by Gasteiger charge is -2.62. The molecule has 0 aromatic rings. The van der Waals surface area contributed by atoms with Gasteiger partial charge >= 0.3 is 5.97 Å². The monoisotopic (exact) mass is 486 g/mol. The van der Waals surface area contributed by atoms with Crippen LogP contribution in [0.5, 0.6) is 0 Å². The summed E-state index contributed by atoms with van der Waals surface area (Å²) in [7, 11) is 0. The molecule has 0 saturated heterocycles. The molecule has 4 rings (SSSR count). The molecule has 8 atom stereocenters. The molecular formula is C31H50O4. The molecule has 0 spiro atoms. The number of carboxylic acid groups (broad SMARTS) is 1. The number of aliphatic carboxylic acids is 1. The second-order valence-electron chi connectivity index (χ2n) is 14.1. The lowest BCUT2D eigenvalue weighted by molar-refractivity contribution is -0.147. The zero-order valence-electron chi connectivity index (χ0n) is 23.3. The van der Waals surface area contributed by atoms with Gasteiger partial charge in [0.1, 0.15) is 0 Å². The first-order chi connectivity index (χ1) is 16.1. The summed E-state index contributed by atoms with van der Waals surface area (Å²) in [6, 6.07) is 0. The summed E-state index contributed by atoms with van der Waals surface area (Å²) in [6.45, 7) is 19.9. The quantitative estimate of drug-likeness (QED) is 0.362. The first kappa shape index (κ1) is 26.9. The number of allylic oxidation sites excluding steroid dienone is 2. The van der Waals surface area contributed by atoms with Gasteiger partial charge in [-0.15, -0.1) is 0 Å². The highest BCUT2D eigenvalue weighted by Crippen LogP contribution is 2.72. The second-order valence-corrected chi connectivity index (χ2v) is 14.1. The van der Waals surface area contributed by atoms with Gasteiger partial charge in [-0.3, -0.25) is 4.79 Å². The van der Waals surface area contributed by atoms with Crippen molar-refractivity contribution in [3.05, 3.63) is 23.3 Å². The molecule has 0 bridgehead atoms. The molecule has 0 aromatic carbocycles. The third-order valence-corrected chi connectivity index (χ3v) is 12.3. The van der Waals surface area contributed by atoms with E-state index in [4.69, 9.17) is 0 Å². The van der Waals surface area contributed by atoms with E-state index in [1.54, 1.807) is 0 Å². The minimum absolute atomic E-state index is 0.0378. The van der Waals surface area contributed by atoms with E-state index in [9.17, 15) is 20.1 Å². The Labute approximate surface area is 213 Å². The fourth-order valence-electron chi connectivity index (χ4n) is 9.49. The summed E-state index contributed by atoms with van der Waals surface area (Å²) >= 11 is 0. The summed E-state index contributed by atoms with van der Waals surface area (Å²) in [5.74, 6) is -0.415. The van der Waals surface area contributed by atoms with E-state index in [0.29, 0.717) is 24.7 Å². The van der Waals surface area contributed by atoms with Crippen LogP contribution in [0.25, 0.3) is 0 Å². The maximum atomic E-state index is 12.6. The third-order valence-electron chi connectivity index (χ3n) is 12.3. The molecule has 4 nitrogen and oxygen atoms in total. The molecule has 0 heterocycles. The van der Waals surface area contributed by atoms with Gasteiger partial charge in [0, 0.05) is 5.41 Å². The lowest BCUT2D eigenvalue weighted by Crippen LogP contribution is -2.56. The van der Waals surface area contributed by atoms with E-state index < -0.39 is 18.0 Å². The Morgan fingerprint density at radius 3 is 2.26 bits per heavy atom. The van der Waals surface area contributed by atoms with E-state index >= 15 is 0 Å². The van der Waals surface area contributed by atoms with Crippen molar-refractivity contribution in [1.82, 2.24) is 0 Å². The van der Waals surface area contributed by atoms with Crippen molar-refractivity contribution in [3.63, 3.8) is 0 Å². The Balaban J connectivity index is 1.72. The average molecular weight is 487 g/mol. The number of rotatable bonds is 6.